The van der Waals surface area contributed by atoms with E-state index in [2.05, 4.69) is 11.3 Å². The maximum Gasteiger partial charge on any atom is 0.573 e. The monoisotopic (exact) mass is 322 g/mol. The molecule has 3 rings (SSSR count). The summed E-state index contributed by atoms with van der Waals surface area (Å²) in [5, 5.41) is 0. The van der Waals surface area contributed by atoms with Crippen LogP contribution in [0, 0.1) is 0 Å². The van der Waals surface area contributed by atoms with Crippen LogP contribution >= 0.6 is 0 Å². The van der Waals surface area contributed by atoms with E-state index >= 15 is 0 Å². The first kappa shape index (κ1) is 15.3. The summed E-state index contributed by atoms with van der Waals surface area (Å²) < 4.78 is 52.8. The molecule has 3 nitrogen and oxygen atoms in total. The summed E-state index contributed by atoms with van der Waals surface area (Å²) in [7, 11) is 0. The fraction of sp³-hybridized carbons (Fsp3) is 0.176. The van der Waals surface area contributed by atoms with Crippen molar-refractivity contribution in [2.45, 2.75) is 6.36 Å². The van der Waals surface area contributed by atoms with Gasteiger partial charge in [-0.1, -0.05) is 24.8 Å². The molecule has 0 atom stereocenters. The van der Waals surface area contributed by atoms with Crippen molar-refractivity contribution in [1.29, 1.82) is 0 Å². The average molecular weight is 322 g/mol. The standard InChI is InChI=1S/C17H13F3O3/c1-2-11-3-5-14(23-17(18,19)20)13(9-11)12-4-6-15-16(10-12)22-8-7-21-15/h2-6,9-10H,1,7-8H2. The van der Waals surface area contributed by atoms with Crippen LogP contribution in [0.25, 0.3) is 17.2 Å². The lowest BCUT2D eigenvalue weighted by molar-refractivity contribution is -0.274. The van der Waals surface area contributed by atoms with Gasteiger partial charge < -0.3 is 14.2 Å². The van der Waals surface area contributed by atoms with Gasteiger partial charge in [-0.05, 0) is 35.4 Å². The number of alkyl halides is 3. The number of hydrogen-bond donors (Lipinski definition) is 0. The molecule has 23 heavy (non-hydrogen) atoms. The second kappa shape index (κ2) is 5.87. The Bertz CT molecular complexity index is 738. The highest BCUT2D eigenvalue weighted by Crippen LogP contribution is 2.39. The minimum Gasteiger partial charge on any atom is -0.486 e. The molecule has 1 aliphatic heterocycles. The molecule has 0 fully saturated rings. The molecule has 6 heteroatoms. The quantitative estimate of drug-likeness (QED) is 0.822. The van der Waals surface area contributed by atoms with E-state index in [1.54, 1.807) is 30.3 Å². The van der Waals surface area contributed by atoms with Crippen LogP contribution in [-0.4, -0.2) is 19.6 Å². The summed E-state index contributed by atoms with van der Waals surface area (Å²) in [6.45, 7) is 4.48. The zero-order valence-electron chi connectivity index (χ0n) is 12.0. The highest BCUT2D eigenvalue weighted by Gasteiger charge is 2.32. The number of ether oxygens (including phenoxy) is 3. The zero-order chi connectivity index (χ0) is 16.4. The van der Waals surface area contributed by atoms with Gasteiger partial charge in [0.05, 0.1) is 0 Å². The second-order valence-electron chi connectivity index (χ2n) is 4.87. The highest BCUT2D eigenvalue weighted by molar-refractivity contribution is 5.75. The van der Waals surface area contributed by atoms with E-state index < -0.39 is 6.36 Å². The largest absolute Gasteiger partial charge is 0.573 e. The predicted octanol–water partition coefficient (Wildman–Crippen LogP) is 4.67. The van der Waals surface area contributed by atoms with Gasteiger partial charge in [-0.25, -0.2) is 0 Å². The van der Waals surface area contributed by atoms with Crippen LogP contribution < -0.4 is 14.2 Å². The van der Waals surface area contributed by atoms with Gasteiger partial charge in [0.25, 0.3) is 0 Å². The SMILES string of the molecule is C=Cc1ccc(OC(F)(F)F)c(-c2ccc3c(c2)OCCO3)c1. The van der Waals surface area contributed by atoms with Gasteiger partial charge in [-0.3, -0.25) is 0 Å². The van der Waals surface area contributed by atoms with Crippen LogP contribution in [0.3, 0.4) is 0 Å². The topological polar surface area (TPSA) is 27.7 Å². The summed E-state index contributed by atoms with van der Waals surface area (Å²) >= 11 is 0. The third-order valence-corrected chi connectivity index (χ3v) is 3.32. The Balaban J connectivity index is 2.08. The number of halogens is 3. The van der Waals surface area contributed by atoms with E-state index in [9.17, 15) is 13.2 Å². The van der Waals surface area contributed by atoms with Crippen LogP contribution in [0.15, 0.2) is 43.0 Å². The van der Waals surface area contributed by atoms with Gasteiger partial charge in [0, 0.05) is 5.56 Å². The summed E-state index contributed by atoms with van der Waals surface area (Å²) in [5.74, 6) is 0.786. The zero-order valence-corrected chi connectivity index (χ0v) is 12.0. The molecule has 0 amide bonds. The van der Waals surface area contributed by atoms with E-state index in [1.807, 2.05) is 0 Å². The van der Waals surface area contributed by atoms with Gasteiger partial charge in [-0.2, -0.15) is 0 Å². The first-order valence-corrected chi connectivity index (χ1v) is 6.88. The van der Waals surface area contributed by atoms with Crippen LogP contribution in [0.4, 0.5) is 13.2 Å². The van der Waals surface area contributed by atoms with E-state index in [1.165, 1.54) is 12.1 Å². The minimum atomic E-state index is -4.77. The molecule has 0 saturated carbocycles. The van der Waals surface area contributed by atoms with Crippen molar-refractivity contribution >= 4 is 6.08 Å². The Kier molecular flexibility index (Phi) is 3.90. The number of hydrogen-bond acceptors (Lipinski definition) is 3. The molecule has 0 unspecified atom stereocenters. The van der Waals surface area contributed by atoms with Gasteiger partial charge in [0.1, 0.15) is 19.0 Å². The molecule has 1 aliphatic rings. The van der Waals surface area contributed by atoms with Gasteiger partial charge in [0.2, 0.25) is 0 Å². The van der Waals surface area contributed by atoms with Crippen molar-refractivity contribution in [3.05, 3.63) is 48.5 Å². The molecule has 2 aromatic carbocycles. The Morgan fingerprint density at radius 2 is 1.74 bits per heavy atom. The minimum absolute atomic E-state index is 0.278. The predicted molar refractivity (Wildman–Crippen MR) is 79.6 cm³/mol. The molecule has 0 saturated heterocycles. The molecule has 0 spiro atoms. The molecular weight excluding hydrogens is 309 g/mol. The molecule has 0 N–H and O–H groups in total. The van der Waals surface area contributed by atoms with Crippen LogP contribution in [0.5, 0.6) is 17.2 Å². The van der Waals surface area contributed by atoms with Crippen molar-refractivity contribution in [2.24, 2.45) is 0 Å². The molecular formula is C17H13F3O3. The van der Waals surface area contributed by atoms with Gasteiger partial charge in [-0.15, -0.1) is 13.2 Å². The average Bonchev–Trinajstić information content (AvgIpc) is 2.53. The third kappa shape index (κ3) is 3.41. The van der Waals surface area contributed by atoms with E-state index in [0.29, 0.717) is 41.4 Å². The molecule has 0 bridgehead atoms. The fourth-order valence-corrected chi connectivity index (χ4v) is 2.32. The molecule has 0 radical (unpaired) electrons. The van der Waals surface area contributed by atoms with E-state index in [0.717, 1.165) is 0 Å². The molecule has 0 aliphatic carbocycles. The first-order chi connectivity index (χ1) is 11.0. The Morgan fingerprint density at radius 3 is 2.43 bits per heavy atom. The summed E-state index contributed by atoms with van der Waals surface area (Å²) in [5.41, 5.74) is 1.53. The molecule has 2 aromatic rings. The number of rotatable bonds is 3. The second-order valence-corrected chi connectivity index (χ2v) is 4.87. The van der Waals surface area contributed by atoms with E-state index in [4.69, 9.17) is 9.47 Å². The van der Waals surface area contributed by atoms with Crippen molar-refractivity contribution in [3.8, 4) is 28.4 Å². The van der Waals surface area contributed by atoms with Gasteiger partial charge >= 0.3 is 6.36 Å². The highest BCUT2D eigenvalue weighted by atomic mass is 19.4. The van der Waals surface area contributed by atoms with Crippen LogP contribution in [-0.2, 0) is 0 Å². The molecule has 0 aromatic heterocycles. The lowest BCUT2D eigenvalue weighted by Gasteiger charge is -2.20. The normalized spacial score (nSPS) is 13.5. The first-order valence-electron chi connectivity index (χ1n) is 6.88. The summed E-state index contributed by atoms with van der Waals surface area (Å²) in [6.07, 6.45) is -3.21. The molecule has 120 valence electrons. The lowest BCUT2D eigenvalue weighted by atomic mass is 10.0. The molecule has 1 heterocycles. The van der Waals surface area contributed by atoms with Crippen LogP contribution in [0.1, 0.15) is 5.56 Å². The van der Waals surface area contributed by atoms with Crippen molar-refractivity contribution < 1.29 is 27.4 Å². The number of benzene rings is 2. The maximum atomic E-state index is 12.6. The van der Waals surface area contributed by atoms with Crippen molar-refractivity contribution in [1.82, 2.24) is 0 Å². The maximum absolute atomic E-state index is 12.6. The summed E-state index contributed by atoms with van der Waals surface area (Å²) in [6, 6.07) is 9.34. The Hall–Kier alpha value is -2.63. The Labute approximate surface area is 130 Å². The lowest BCUT2D eigenvalue weighted by Crippen LogP contribution is -2.17. The number of fused-ring (bicyclic) bond motifs is 1. The van der Waals surface area contributed by atoms with E-state index in [-0.39, 0.29) is 5.75 Å². The van der Waals surface area contributed by atoms with Crippen molar-refractivity contribution in [3.63, 3.8) is 0 Å². The Morgan fingerprint density at radius 1 is 1.00 bits per heavy atom. The summed E-state index contributed by atoms with van der Waals surface area (Å²) in [4.78, 5) is 0. The van der Waals surface area contributed by atoms with Gasteiger partial charge in [0.15, 0.2) is 11.5 Å². The smallest absolute Gasteiger partial charge is 0.486 e. The third-order valence-electron chi connectivity index (χ3n) is 3.32. The fourth-order valence-electron chi connectivity index (χ4n) is 2.32. The van der Waals surface area contributed by atoms with Crippen LogP contribution in [0.2, 0.25) is 0 Å². The van der Waals surface area contributed by atoms with Crippen molar-refractivity contribution in [2.75, 3.05) is 13.2 Å².